The first kappa shape index (κ1) is 15.2. The van der Waals surface area contributed by atoms with Crippen LogP contribution in [0, 0.1) is 11.6 Å². The molecule has 2 rings (SSSR count). The first-order valence-corrected chi connectivity index (χ1v) is 7.05. The smallest absolute Gasteiger partial charge is 0.137 e. The number of nitrogens with one attached hydrogen (secondary N) is 1. The van der Waals surface area contributed by atoms with E-state index in [2.05, 4.69) is 21.2 Å². The van der Waals surface area contributed by atoms with E-state index >= 15 is 0 Å². The number of benzene rings is 2. The Morgan fingerprint density at radius 1 is 1.15 bits per heavy atom. The molecule has 3 N–H and O–H groups in total. The first-order chi connectivity index (χ1) is 9.51. The molecule has 0 saturated heterocycles. The van der Waals surface area contributed by atoms with Gasteiger partial charge in [0.2, 0.25) is 0 Å². The van der Waals surface area contributed by atoms with Gasteiger partial charge in [-0.3, -0.25) is 0 Å². The number of nitrogens with two attached hydrogens (primary N) is 1. The van der Waals surface area contributed by atoms with E-state index in [-0.39, 0.29) is 12.4 Å². The van der Waals surface area contributed by atoms with Gasteiger partial charge in [-0.05, 0) is 52.3 Å². The SMILES string of the molecule is NCC(Nc1ccc(F)c(Br)c1)c1cc(Cl)ccc1F. The first-order valence-electron chi connectivity index (χ1n) is 5.88. The van der Waals surface area contributed by atoms with E-state index < -0.39 is 11.9 Å². The third-order valence-electron chi connectivity index (χ3n) is 2.83. The third-order valence-corrected chi connectivity index (χ3v) is 3.67. The molecule has 0 bridgehead atoms. The van der Waals surface area contributed by atoms with Gasteiger partial charge < -0.3 is 11.1 Å². The molecule has 0 heterocycles. The van der Waals surface area contributed by atoms with Crippen LogP contribution in [0.25, 0.3) is 0 Å². The van der Waals surface area contributed by atoms with Gasteiger partial charge in [0, 0.05) is 22.8 Å². The molecule has 106 valence electrons. The fourth-order valence-corrected chi connectivity index (χ4v) is 2.39. The highest BCUT2D eigenvalue weighted by atomic mass is 79.9. The highest BCUT2D eigenvalue weighted by Crippen LogP contribution is 2.26. The standard InChI is InChI=1S/C14H12BrClF2N2/c15-11-6-9(2-4-13(11)18)20-14(7-19)10-5-8(16)1-3-12(10)17/h1-6,14,20H,7,19H2. The maximum Gasteiger partial charge on any atom is 0.137 e. The summed E-state index contributed by atoms with van der Waals surface area (Å²) in [4.78, 5) is 0. The Kier molecular flexibility index (Phi) is 4.96. The summed E-state index contributed by atoms with van der Waals surface area (Å²) < 4.78 is 27.3. The van der Waals surface area contributed by atoms with Crippen molar-refractivity contribution in [2.75, 3.05) is 11.9 Å². The van der Waals surface area contributed by atoms with Gasteiger partial charge in [-0.25, -0.2) is 8.78 Å². The molecule has 6 heteroatoms. The van der Waals surface area contributed by atoms with Crippen molar-refractivity contribution in [2.45, 2.75) is 6.04 Å². The van der Waals surface area contributed by atoms with E-state index in [9.17, 15) is 8.78 Å². The summed E-state index contributed by atoms with van der Waals surface area (Å²) in [6, 6.07) is 8.29. The molecule has 0 radical (unpaired) electrons. The van der Waals surface area contributed by atoms with Crippen molar-refractivity contribution in [2.24, 2.45) is 5.73 Å². The minimum Gasteiger partial charge on any atom is -0.377 e. The Labute approximate surface area is 129 Å². The Morgan fingerprint density at radius 2 is 1.85 bits per heavy atom. The third kappa shape index (κ3) is 3.48. The summed E-state index contributed by atoms with van der Waals surface area (Å²) in [6.45, 7) is 0.173. The largest absolute Gasteiger partial charge is 0.377 e. The van der Waals surface area contributed by atoms with E-state index in [1.54, 1.807) is 12.1 Å². The number of hydrogen-bond acceptors (Lipinski definition) is 2. The second kappa shape index (κ2) is 6.52. The van der Waals surface area contributed by atoms with Crippen molar-refractivity contribution in [3.8, 4) is 0 Å². The van der Waals surface area contributed by atoms with Crippen LogP contribution in [0.15, 0.2) is 40.9 Å². The minimum absolute atomic E-state index is 0.173. The van der Waals surface area contributed by atoms with Crippen molar-refractivity contribution in [3.05, 3.63) is 63.1 Å². The molecule has 0 aliphatic heterocycles. The van der Waals surface area contributed by atoms with Gasteiger partial charge in [0.25, 0.3) is 0 Å². The van der Waals surface area contributed by atoms with Crippen molar-refractivity contribution in [3.63, 3.8) is 0 Å². The monoisotopic (exact) mass is 360 g/mol. The Morgan fingerprint density at radius 3 is 2.50 bits per heavy atom. The number of hydrogen-bond donors (Lipinski definition) is 2. The number of rotatable bonds is 4. The molecule has 2 aromatic carbocycles. The van der Waals surface area contributed by atoms with E-state index in [0.29, 0.717) is 20.7 Å². The normalized spacial score (nSPS) is 12.2. The van der Waals surface area contributed by atoms with Crippen LogP contribution < -0.4 is 11.1 Å². The molecule has 1 unspecified atom stereocenters. The van der Waals surface area contributed by atoms with Gasteiger partial charge in [0.15, 0.2) is 0 Å². The summed E-state index contributed by atoms with van der Waals surface area (Å²) in [5, 5.41) is 3.49. The highest BCUT2D eigenvalue weighted by Gasteiger charge is 2.15. The second-order valence-corrected chi connectivity index (χ2v) is 5.52. The predicted octanol–water partition coefficient (Wildman–Crippen LogP) is 4.49. The van der Waals surface area contributed by atoms with Crippen LogP contribution >= 0.6 is 27.5 Å². The molecule has 0 fully saturated rings. The zero-order chi connectivity index (χ0) is 14.7. The van der Waals surface area contributed by atoms with Crippen LogP contribution in [0.4, 0.5) is 14.5 Å². The summed E-state index contributed by atoms with van der Waals surface area (Å²) >= 11 is 8.97. The van der Waals surface area contributed by atoms with Gasteiger partial charge in [-0.15, -0.1) is 0 Å². The van der Waals surface area contributed by atoms with Crippen LogP contribution in [0.3, 0.4) is 0 Å². The molecular formula is C14H12BrClF2N2. The van der Waals surface area contributed by atoms with E-state index in [1.165, 1.54) is 24.3 Å². The molecule has 2 nitrogen and oxygen atoms in total. The van der Waals surface area contributed by atoms with Crippen LogP contribution in [-0.4, -0.2) is 6.54 Å². The topological polar surface area (TPSA) is 38.0 Å². The van der Waals surface area contributed by atoms with E-state index in [1.807, 2.05) is 0 Å². The molecule has 0 saturated carbocycles. The lowest BCUT2D eigenvalue weighted by Gasteiger charge is -2.19. The molecule has 2 aromatic rings. The van der Waals surface area contributed by atoms with E-state index in [0.717, 1.165) is 0 Å². The van der Waals surface area contributed by atoms with E-state index in [4.69, 9.17) is 17.3 Å². The lowest BCUT2D eigenvalue weighted by molar-refractivity contribution is 0.593. The number of anilines is 1. The maximum atomic E-state index is 13.8. The Hall–Kier alpha value is -1.17. The molecule has 1 atom stereocenters. The van der Waals surface area contributed by atoms with Crippen molar-refractivity contribution < 1.29 is 8.78 Å². The van der Waals surface area contributed by atoms with Gasteiger partial charge in [-0.1, -0.05) is 11.6 Å². The number of halogens is 4. The average molecular weight is 362 g/mol. The summed E-state index contributed by atoms with van der Waals surface area (Å²) in [5.74, 6) is -0.757. The zero-order valence-electron chi connectivity index (χ0n) is 10.3. The van der Waals surface area contributed by atoms with Gasteiger partial charge >= 0.3 is 0 Å². The molecule has 0 spiro atoms. The lowest BCUT2D eigenvalue weighted by Crippen LogP contribution is -2.21. The van der Waals surface area contributed by atoms with Crippen LogP contribution in [0.1, 0.15) is 11.6 Å². The summed E-state index contributed by atoms with van der Waals surface area (Å²) in [6.07, 6.45) is 0. The zero-order valence-corrected chi connectivity index (χ0v) is 12.7. The van der Waals surface area contributed by atoms with Crippen LogP contribution in [0.5, 0.6) is 0 Å². The summed E-state index contributed by atoms with van der Waals surface area (Å²) in [7, 11) is 0. The molecule has 0 aliphatic rings. The van der Waals surface area contributed by atoms with Gasteiger partial charge in [0.1, 0.15) is 11.6 Å². The summed E-state index contributed by atoms with van der Waals surface area (Å²) in [5.41, 5.74) is 6.69. The quantitative estimate of drug-likeness (QED) is 0.842. The fraction of sp³-hybridized carbons (Fsp3) is 0.143. The Balaban J connectivity index is 2.28. The van der Waals surface area contributed by atoms with Crippen LogP contribution in [0.2, 0.25) is 5.02 Å². The van der Waals surface area contributed by atoms with Crippen molar-refractivity contribution in [1.29, 1.82) is 0 Å². The second-order valence-electron chi connectivity index (χ2n) is 4.23. The molecule has 0 amide bonds. The minimum atomic E-state index is -0.453. The molecule has 0 aliphatic carbocycles. The van der Waals surface area contributed by atoms with Crippen molar-refractivity contribution >= 4 is 33.2 Å². The molecular weight excluding hydrogens is 350 g/mol. The average Bonchev–Trinajstić information content (AvgIpc) is 2.43. The Bertz CT molecular complexity index is 622. The van der Waals surface area contributed by atoms with Crippen molar-refractivity contribution in [1.82, 2.24) is 0 Å². The fourth-order valence-electron chi connectivity index (χ4n) is 1.83. The maximum absolute atomic E-state index is 13.8. The lowest BCUT2D eigenvalue weighted by atomic mass is 10.1. The van der Waals surface area contributed by atoms with Gasteiger partial charge in [-0.2, -0.15) is 0 Å². The molecule has 20 heavy (non-hydrogen) atoms. The van der Waals surface area contributed by atoms with Crippen LogP contribution in [-0.2, 0) is 0 Å². The van der Waals surface area contributed by atoms with Gasteiger partial charge in [0.05, 0.1) is 10.5 Å². The molecule has 0 aromatic heterocycles. The highest BCUT2D eigenvalue weighted by molar-refractivity contribution is 9.10. The predicted molar refractivity (Wildman–Crippen MR) is 80.9 cm³/mol.